The average molecular weight is 442 g/mol. The van der Waals surface area contributed by atoms with Crippen molar-refractivity contribution in [1.29, 1.82) is 0 Å². The molecule has 1 heterocycles. The molecule has 1 aliphatic rings. The lowest BCUT2D eigenvalue weighted by Crippen LogP contribution is -2.55. The smallest absolute Gasteiger partial charge is 0.241 e. The van der Waals surface area contributed by atoms with Crippen molar-refractivity contribution in [3.8, 4) is 0 Å². The third-order valence-corrected chi connectivity index (χ3v) is 7.25. The molecule has 0 bridgehead atoms. The molecule has 1 unspecified atom stereocenters. The lowest BCUT2D eigenvalue weighted by Gasteiger charge is -2.37. The molecule has 1 aromatic carbocycles. The van der Waals surface area contributed by atoms with Gasteiger partial charge in [0.1, 0.15) is 6.04 Å². The van der Waals surface area contributed by atoms with Crippen LogP contribution in [0.15, 0.2) is 35.2 Å². The number of nitrogens with zero attached hydrogens (tertiary/aromatic N) is 2. The van der Waals surface area contributed by atoms with Crippen LogP contribution < -0.4 is 4.72 Å². The fourth-order valence-electron chi connectivity index (χ4n) is 3.23. The highest BCUT2D eigenvalue weighted by Crippen LogP contribution is 2.19. The number of nitrogens with one attached hydrogen (secondary N) is 1. The molecule has 29 heavy (non-hydrogen) atoms. The minimum Gasteiger partial charge on any atom is -0.339 e. The van der Waals surface area contributed by atoms with Crippen molar-refractivity contribution in [1.82, 2.24) is 14.5 Å². The van der Waals surface area contributed by atoms with Crippen molar-refractivity contribution < 1.29 is 13.2 Å². The summed E-state index contributed by atoms with van der Waals surface area (Å²) in [5.41, 5.74) is 0.297. The van der Waals surface area contributed by atoms with Crippen molar-refractivity contribution in [3.63, 3.8) is 0 Å². The second-order valence-electron chi connectivity index (χ2n) is 8.75. The van der Waals surface area contributed by atoms with Gasteiger partial charge in [-0.05, 0) is 48.9 Å². The van der Waals surface area contributed by atoms with E-state index >= 15 is 0 Å². The Hall–Kier alpha value is -1.09. The fraction of sp³-hybridized carbons (Fsp3) is 0.667. The molecule has 0 spiro atoms. The van der Waals surface area contributed by atoms with E-state index < -0.39 is 16.1 Å². The molecule has 2 rings (SSSR count). The van der Waals surface area contributed by atoms with Crippen LogP contribution in [0.4, 0.5) is 0 Å². The summed E-state index contributed by atoms with van der Waals surface area (Å²) in [7, 11) is -3.73. The van der Waals surface area contributed by atoms with Crippen LogP contribution in [0.2, 0.25) is 0 Å². The lowest BCUT2D eigenvalue weighted by molar-refractivity contribution is -0.134. The number of hydrogen-bond donors (Lipinski definition) is 1. The topological polar surface area (TPSA) is 69.7 Å². The summed E-state index contributed by atoms with van der Waals surface area (Å²) in [6.45, 7) is 10.7. The first-order valence-corrected chi connectivity index (χ1v) is 13.1. The van der Waals surface area contributed by atoms with Crippen molar-refractivity contribution in [2.24, 2.45) is 5.41 Å². The molecule has 1 saturated heterocycles. The molecule has 0 saturated carbocycles. The molecular weight excluding hydrogens is 406 g/mol. The van der Waals surface area contributed by atoms with Crippen molar-refractivity contribution in [2.75, 3.05) is 44.7 Å². The molecule has 1 atom stereocenters. The Bertz CT molecular complexity index is 740. The number of benzene rings is 1. The lowest BCUT2D eigenvalue weighted by atomic mass is 9.92. The summed E-state index contributed by atoms with van der Waals surface area (Å²) < 4.78 is 28.1. The maximum Gasteiger partial charge on any atom is 0.241 e. The molecule has 0 aromatic heterocycles. The highest BCUT2D eigenvalue weighted by molar-refractivity contribution is 7.98. The fourth-order valence-corrected chi connectivity index (χ4v) is 4.95. The van der Waals surface area contributed by atoms with Crippen LogP contribution in [-0.4, -0.2) is 74.9 Å². The van der Waals surface area contributed by atoms with Crippen molar-refractivity contribution >= 4 is 27.7 Å². The van der Waals surface area contributed by atoms with E-state index in [0.717, 1.165) is 31.8 Å². The van der Waals surface area contributed by atoms with Crippen molar-refractivity contribution in [3.05, 3.63) is 30.3 Å². The number of rotatable bonds is 9. The van der Waals surface area contributed by atoms with Gasteiger partial charge in [-0.3, -0.25) is 9.69 Å². The highest BCUT2D eigenvalue weighted by atomic mass is 32.2. The summed E-state index contributed by atoms with van der Waals surface area (Å²) in [6.07, 6.45) is 3.56. The molecule has 6 nitrogen and oxygen atoms in total. The predicted octanol–water partition coefficient (Wildman–Crippen LogP) is 2.67. The van der Waals surface area contributed by atoms with Gasteiger partial charge in [0, 0.05) is 26.2 Å². The van der Waals surface area contributed by atoms with E-state index in [1.54, 1.807) is 42.1 Å². The third-order valence-electron chi connectivity index (χ3n) is 5.12. The van der Waals surface area contributed by atoms with Crippen LogP contribution in [-0.2, 0) is 14.8 Å². The maximum absolute atomic E-state index is 13.1. The Labute approximate surface area is 180 Å². The first kappa shape index (κ1) is 24.2. The Morgan fingerprint density at radius 3 is 2.31 bits per heavy atom. The van der Waals surface area contributed by atoms with E-state index in [0.29, 0.717) is 24.9 Å². The van der Waals surface area contributed by atoms with E-state index in [2.05, 4.69) is 30.4 Å². The highest BCUT2D eigenvalue weighted by Gasteiger charge is 2.31. The number of hydrogen-bond acceptors (Lipinski definition) is 5. The normalized spacial score (nSPS) is 17.3. The van der Waals surface area contributed by atoms with E-state index in [1.807, 2.05) is 11.2 Å². The first-order valence-electron chi connectivity index (χ1n) is 10.2. The maximum atomic E-state index is 13.1. The monoisotopic (exact) mass is 441 g/mol. The van der Waals surface area contributed by atoms with Crippen LogP contribution in [0.5, 0.6) is 0 Å². The number of amides is 1. The Morgan fingerprint density at radius 1 is 1.14 bits per heavy atom. The van der Waals surface area contributed by atoms with E-state index in [-0.39, 0.29) is 10.8 Å². The van der Waals surface area contributed by atoms with Crippen LogP contribution in [0.1, 0.15) is 33.6 Å². The minimum absolute atomic E-state index is 0.117. The van der Waals surface area contributed by atoms with Gasteiger partial charge in [-0.15, -0.1) is 0 Å². The largest absolute Gasteiger partial charge is 0.339 e. The summed E-state index contributed by atoms with van der Waals surface area (Å²) in [6, 6.07) is 7.51. The first-order chi connectivity index (χ1) is 13.6. The number of carbonyl (C=O) groups is 1. The van der Waals surface area contributed by atoms with E-state index in [9.17, 15) is 13.2 Å². The van der Waals surface area contributed by atoms with Crippen LogP contribution in [0.25, 0.3) is 0 Å². The minimum atomic E-state index is -3.73. The number of sulfonamides is 1. The molecule has 1 N–H and O–H groups in total. The quantitative estimate of drug-likeness (QED) is 0.638. The molecule has 1 aromatic rings. The molecule has 1 amide bonds. The van der Waals surface area contributed by atoms with Gasteiger partial charge in [-0.25, -0.2) is 8.42 Å². The summed E-state index contributed by atoms with van der Waals surface area (Å²) in [5, 5.41) is 0. The van der Waals surface area contributed by atoms with Gasteiger partial charge in [0.15, 0.2) is 0 Å². The predicted molar refractivity (Wildman–Crippen MR) is 121 cm³/mol. The zero-order valence-electron chi connectivity index (χ0n) is 18.1. The van der Waals surface area contributed by atoms with Crippen LogP contribution in [0, 0.1) is 5.41 Å². The second-order valence-corrected chi connectivity index (χ2v) is 11.4. The third kappa shape index (κ3) is 7.92. The molecule has 0 radical (unpaired) electrons. The summed E-state index contributed by atoms with van der Waals surface area (Å²) >= 11 is 1.61. The molecular formula is C21H35N3O3S2. The van der Waals surface area contributed by atoms with Crippen LogP contribution >= 0.6 is 11.8 Å². The summed E-state index contributed by atoms with van der Waals surface area (Å²) in [5.74, 6) is 0.605. The van der Waals surface area contributed by atoms with Gasteiger partial charge in [-0.1, -0.05) is 39.0 Å². The van der Waals surface area contributed by atoms with Gasteiger partial charge in [0.05, 0.1) is 4.90 Å². The Kier molecular flexibility index (Phi) is 9.00. The Balaban J connectivity index is 1.99. The molecule has 1 aliphatic heterocycles. The molecule has 0 aliphatic carbocycles. The number of piperazine rings is 1. The van der Waals surface area contributed by atoms with E-state index in [4.69, 9.17) is 0 Å². The van der Waals surface area contributed by atoms with Gasteiger partial charge >= 0.3 is 0 Å². The average Bonchev–Trinajstić information content (AvgIpc) is 2.69. The number of carbonyl (C=O) groups excluding carboxylic acids is 1. The second kappa shape index (κ2) is 10.8. The standard InChI is InChI=1S/C21H35N3O3S2/c1-21(2,3)11-12-23-13-15-24(16-14-23)20(25)19(10-17-28-4)22-29(26,27)18-8-6-5-7-9-18/h5-9,19,22H,10-17H2,1-4H3. The molecule has 8 heteroatoms. The van der Waals surface area contributed by atoms with Gasteiger partial charge in [-0.2, -0.15) is 16.5 Å². The molecule has 1 fully saturated rings. The van der Waals surface area contributed by atoms with E-state index in [1.165, 1.54) is 0 Å². The Morgan fingerprint density at radius 2 is 1.76 bits per heavy atom. The van der Waals surface area contributed by atoms with Crippen molar-refractivity contribution in [2.45, 2.75) is 44.6 Å². The summed E-state index contributed by atoms with van der Waals surface area (Å²) in [4.78, 5) is 17.5. The SMILES string of the molecule is CSCCC(NS(=O)(=O)c1ccccc1)C(=O)N1CCN(CCC(C)(C)C)CC1. The number of thioether (sulfide) groups is 1. The van der Waals surface area contributed by atoms with Gasteiger partial charge in [0.2, 0.25) is 15.9 Å². The van der Waals surface area contributed by atoms with Gasteiger partial charge < -0.3 is 4.90 Å². The zero-order chi connectivity index (χ0) is 21.5. The molecule has 164 valence electrons. The van der Waals surface area contributed by atoms with Crippen LogP contribution in [0.3, 0.4) is 0 Å². The van der Waals surface area contributed by atoms with Gasteiger partial charge in [0.25, 0.3) is 0 Å². The zero-order valence-corrected chi connectivity index (χ0v) is 19.7.